The zero-order chi connectivity index (χ0) is 34.2. The van der Waals surface area contributed by atoms with E-state index in [2.05, 4.69) is 4.98 Å². The maximum atomic E-state index is 13.6. The molecule has 3 aliphatic rings. The van der Waals surface area contributed by atoms with E-state index in [4.69, 9.17) is 27.0 Å². The van der Waals surface area contributed by atoms with Gasteiger partial charge in [0.25, 0.3) is 5.91 Å². The van der Waals surface area contributed by atoms with Gasteiger partial charge in [0.2, 0.25) is 0 Å². The van der Waals surface area contributed by atoms with Gasteiger partial charge in [-0.3, -0.25) is 9.69 Å². The van der Waals surface area contributed by atoms with E-state index in [0.717, 1.165) is 68.5 Å². The molecule has 2 saturated heterocycles. The number of nitrogens with zero attached hydrogens (tertiary/aromatic N) is 5. The summed E-state index contributed by atoms with van der Waals surface area (Å²) in [7, 11) is 0. The Hall–Kier alpha value is -2.98. The van der Waals surface area contributed by atoms with Crippen LogP contribution >= 0.6 is 12.2 Å². The first-order valence-electron chi connectivity index (χ1n) is 16.1. The van der Waals surface area contributed by atoms with Crippen LogP contribution in [0.15, 0.2) is 12.3 Å². The van der Waals surface area contributed by atoms with Gasteiger partial charge >= 0.3 is 12.3 Å². The van der Waals surface area contributed by atoms with E-state index in [-0.39, 0.29) is 41.1 Å². The number of alkyl halides is 3. The summed E-state index contributed by atoms with van der Waals surface area (Å²) in [6, 6.07) is 2.29. The monoisotopic (exact) mass is 665 g/mol. The number of likely N-dealkylation sites (tertiary alicyclic amines) is 1. The number of ether oxygens (including phenoxy) is 2. The van der Waals surface area contributed by atoms with Crippen LogP contribution in [-0.4, -0.2) is 73.9 Å². The van der Waals surface area contributed by atoms with Gasteiger partial charge in [0.15, 0.2) is 10.8 Å². The molecule has 2 aliphatic heterocycles. The Balaban J connectivity index is 1.27. The molecule has 0 N–H and O–H groups in total. The van der Waals surface area contributed by atoms with Crippen molar-refractivity contribution in [1.29, 1.82) is 5.26 Å². The zero-order valence-electron chi connectivity index (χ0n) is 27.8. The third kappa shape index (κ3) is 7.76. The van der Waals surface area contributed by atoms with Gasteiger partial charge in [0.1, 0.15) is 17.2 Å². The van der Waals surface area contributed by atoms with Crippen molar-refractivity contribution in [1.82, 2.24) is 14.8 Å². The van der Waals surface area contributed by atoms with Gasteiger partial charge in [-0.1, -0.05) is 0 Å². The average Bonchev–Trinajstić information content (AvgIpc) is 3.12. The minimum absolute atomic E-state index is 0.0180. The highest BCUT2D eigenvalue weighted by Gasteiger charge is 2.52. The van der Waals surface area contributed by atoms with E-state index >= 15 is 0 Å². The molecule has 9 nitrogen and oxygen atoms in total. The van der Waals surface area contributed by atoms with Gasteiger partial charge in [-0.15, -0.1) is 0 Å². The molecular formula is C33H46F3N5O4S. The Labute approximate surface area is 275 Å². The molecule has 1 aromatic heterocycles. The molecule has 13 heteroatoms. The van der Waals surface area contributed by atoms with E-state index in [1.165, 1.54) is 6.07 Å². The summed E-state index contributed by atoms with van der Waals surface area (Å²) in [6.07, 6.45) is 3.13. The SMILES string of the molecule is C[C@@H]1CC(OCCCC2CCC(N3C(=S)N(c4cnc(C#N)c(C(F)(F)F)c4)C(=O)C3(C)C)CC2)C[C@H](C)N1C(=O)OC(C)(C)C. The lowest BCUT2D eigenvalue weighted by atomic mass is 9.82. The van der Waals surface area contributed by atoms with Gasteiger partial charge in [-0.05, 0) is 124 Å². The molecule has 1 aliphatic carbocycles. The Morgan fingerprint density at radius 2 is 1.74 bits per heavy atom. The van der Waals surface area contributed by atoms with Crippen LogP contribution in [0.4, 0.5) is 23.7 Å². The Bertz CT molecular complexity index is 1340. The summed E-state index contributed by atoms with van der Waals surface area (Å²) in [6.45, 7) is 13.8. The summed E-state index contributed by atoms with van der Waals surface area (Å²) in [4.78, 5) is 34.7. The normalized spacial score (nSPS) is 27.2. The van der Waals surface area contributed by atoms with Crippen LogP contribution < -0.4 is 4.90 Å². The number of piperidine rings is 1. The van der Waals surface area contributed by atoms with E-state index in [1.54, 1.807) is 13.8 Å². The fourth-order valence-electron chi connectivity index (χ4n) is 7.17. The molecule has 0 spiro atoms. The van der Waals surface area contributed by atoms with Gasteiger partial charge < -0.3 is 19.3 Å². The molecule has 0 aromatic carbocycles. The van der Waals surface area contributed by atoms with E-state index < -0.39 is 34.5 Å². The minimum atomic E-state index is -4.80. The lowest BCUT2D eigenvalue weighted by Crippen LogP contribution is -2.53. The van der Waals surface area contributed by atoms with Crippen LogP contribution in [0.25, 0.3) is 0 Å². The standard InChI is InChI=1S/C33H46F3N5O4S/c1-20-15-25(16-21(2)39(20)30(43)45-31(3,4)5)44-14-8-9-22-10-12-23(13-11-22)41-29(46)40(28(42)32(41,6)7)24-17-26(33(34,35)36)27(18-37)38-19-24/h17,19-23,25H,8-16H2,1-7H3/t20-,21+,22?,23?,25?. The smallest absolute Gasteiger partial charge is 0.419 e. The average molecular weight is 666 g/mol. The minimum Gasteiger partial charge on any atom is -0.444 e. The van der Waals surface area contributed by atoms with Gasteiger partial charge in [0.05, 0.1) is 23.6 Å². The maximum Gasteiger partial charge on any atom is 0.419 e. The summed E-state index contributed by atoms with van der Waals surface area (Å²) in [5, 5.41) is 9.27. The maximum absolute atomic E-state index is 13.6. The van der Waals surface area contributed by atoms with E-state index in [1.807, 2.05) is 44.4 Å². The van der Waals surface area contributed by atoms with Crippen LogP contribution in [0.2, 0.25) is 0 Å². The molecule has 254 valence electrons. The first-order valence-corrected chi connectivity index (χ1v) is 16.5. The van der Waals surface area contributed by atoms with Crippen LogP contribution in [0.5, 0.6) is 0 Å². The highest BCUT2D eigenvalue weighted by atomic mass is 32.1. The van der Waals surface area contributed by atoms with Crippen molar-refractivity contribution < 1.29 is 32.2 Å². The Kier molecular flexibility index (Phi) is 10.6. The first-order chi connectivity index (χ1) is 21.3. The quantitative estimate of drug-likeness (QED) is 0.223. The molecule has 4 rings (SSSR count). The number of hydrogen-bond donors (Lipinski definition) is 0. The molecule has 3 atom stereocenters. The molecule has 3 fully saturated rings. The molecule has 2 amide bonds. The molecule has 3 heterocycles. The molecule has 1 saturated carbocycles. The summed E-state index contributed by atoms with van der Waals surface area (Å²) < 4.78 is 52.7. The topological polar surface area (TPSA) is 99.0 Å². The lowest BCUT2D eigenvalue weighted by molar-refractivity contribution is -0.138. The number of rotatable bonds is 7. The number of carbonyl (C=O) groups excluding carboxylic acids is 2. The first kappa shape index (κ1) is 35.9. The lowest BCUT2D eigenvalue weighted by Gasteiger charge is -2.42. The van der Waals surface area contributed by atoms with Crippen molar-refractivity contribution >= 4 is 35.0 Å². The highest BCUT2D eigenvalue weighted by molar-refractivity contribution is 7.80. The van der Waals surface area contributed by atoms with E-state index in [9.17, 15) is 22.8 Å². The number of thiocarbonyl (C=S) groups is 1. The number of nitriles is 1. The number of anilines is 1. The van der Waals surface area contributed by atoms with Gasteiger partial charge in [-0.25, -0.2) is 9.78 Å². The molecule has 1 unspecified atom stereocenters. The van der Waals surface area contributed by atoms with Crippen molar-refractivity contribution in [2.24, 2.45) is 5.92 Å². The fraction of sp³-hybridized carbons (Fsp3) is 0.727. The van der Waals surface area contributed by atoms with Crippen molar-refractivity contribution in [2.45, 2.75) is 141 Å². The fourth-order valence-corrected chi connectivity index (χ4v) is 7.74. The van der Waals surface area contributed by atoms with Gasteiger partial charge in [-0.2, -0.15) is 18.4 Å². The molecule has 1 aromatic rings. The van der Waals surface area contributed by atoms with Crippen LogP contribution in [0.1, 0.15) is 111 Å². The zero-order valence-corrected chi connectivity index (χ0v) is 28.6. The second-order valence-corrected chi connectivity index (χ2v) is 14.8. The number of pyridine rings is 1. The molecule has 0 bridgehead atoms. The second-order valence-electron chi connectivity index (χ2n) is 14.4. The second kappa shape index (κ2) is 13.6. The molecule has 46 heavy (non-hydrogen) atoms. The largest absolute Gasteiger partial charge is 0.444 e. The summed E-state index contributed by atoms with van der Waals surface area (Å²) in [5.41, 5.74) is -3.61. The van der Waals surface area contributed by atoms with Crippen molar-refractivity contribution in [3.63, 3.8) is 0 Å². The predicted octanol–water partition coefficient (Wildman–Crippen LogP) is 7.22. The third-order valence-electron chi connectivity index (χ3n) is 9.32. The summed E-state index contributed by atoms with van der Waals surface area (Å²) in [5.74, 6) is 0.0897. The van der Waals surface area contributed by atoms with Crippen molar-refractivity contribution in [3.05, 3.63) is 23.5 Å². The van der Waals surface area contributed by atoms with Crippen LogP contribution in [0.3, 0.4) is 0 Å². The number of halogens is 3. The van der Waals surface area contributed by atoms with Crippen LogP contribution in [-0.2, 0) is 20.4 Å². The Morgan fingerprint density at radius 3 is 2.28 bits per heavy atom. The third-order valence-corrected chi connectivity index (χ3v) is 9.70. The molecule has 0 radical (unpaired) electrons. The van der Waals surface area contributed by atoms with Gasteiger partial charge in [0, 0.05) is 24.7 Å². The number of carbonyl (C=O) groups is 2. The number of amides is 2. The van der Waals surface area contributed by atoms with Crippen molar-refractivity contribution in [2.75, 3.05) is 11.5 Å². The van der Waals surface area contributed by atoms with Crippen molar-refractivity contribution in [3.8, 4) is 6.07 Å². The summed E-state index contributed by atoms with van der Waals surface area (Å²) >= 11 is 5.70. The van der Waals surface area contributed by atoms with E-state index in [0.29, 0.717) is 12.5 Å². The number of hydrogen-bond acceptors (Lipinski definition) is 7. The number of aromatic nitrogens is 1. The molecular weight excluding hydrogens is 619 g/mol. The van der Waals surface area contributed by atoms with Crippen LogP contribution in [0, 0.1) is 17.2 Å². The Morgan fingerprint density at radius 1 is 1.13 bits per heavy atom. The predicted molar refractivity (Wildman–Crippen MR) is 171 cm³/mol. The highest BCUT2D eigenvalue weighted by Crippen LogP contribution is 2.41.